The van der Waals surface area contributed by atoms with Crippen LogP contribution in [0, 0.1) is 0 Å². The molecule has 2 atom stereocenters. The van der Waals surface area contributed by atoms with E-state index < -0.39 is 7.92 Å². The molecule has 1 heterocycles. The zero-order valence-electron chi connectivity index (χ0n) is 15.2. The molecule has 2 aromatic carbocycles. The van der Waals surface area contributed by atoms with E-state index in [0.717, 1.165) is 28.4 Å². The molecule has 1 aliphatic rings. The van der Waals surface area contributed by atoms with Crippen molar-refractivity contribution in [2.24, 2.45) is 0 Å². The van der Waals surface area contributed by atoms with Gasteiger partial charge in [-0.1, -0.05) is 39.0 Å². The van der Waals surface area contributed by atoms with Crippen molar-refractivity contribution in [2.75, 3.05) is 14.2 Å². The van der Waals surface area contributed by atoms with Gasteiger partial charge in [0.15, 0.2) is 0 Å². The molecular weight excluding hydrogens is 319 g/mol. The van der Waals surface area contributed by atoms with Crippen LogP contribution in [-0.4, -0.2) is 25.2 Å². The average Bonchev–Trinajstić information content (AvgIpc) is 2.89. The van der Waals surface area contributed by atoms with Crippen molar-refractivity contribution in [3.8, 4) is 28.4 Å². The van der Waals surface area contributed by atoms with Gasteiger partial charge in [-0.25, -0.2) is 0 Å². The average molecular weight is 344 g/mol. The van der Waals surface area contributed by atoms with Crippen LogP contribution in [-0.2, 0) is 0 Å². The van der Waals surface area contributed by atoms with Gasteiger partial charge in [0, 0.05) is 10.9 Å². The van der Waals surface area contributed by atoms with Crippen LogP contribution in [0.5, 0.6) is 17.2 Å². The zero-order valence-corrected chi connectivity index (χ0v) is 16.1. The van der Waals surface area contributed by atoms with Crippen molar-refractivity contribution >= 4 is 13.2 Å². The molecule has 0 unspecified atom stereocenters. The third kappa shape index (κ3) is 2.75. The fourth-order valence-electron chi connectivity index (χ4n) is 3.48. The third-order valence-electron chi connectivity index (χ3n) is 4.32. The molecule has 0 amide bonds. The highest BCUT2D eigenvalue weighted by atomic mass is 31.1. The summed E-state index contributed by atoms with van der Waals surface area (Å²) in [6.45, 7) is 9.07. The monoisotopic (exact) mass is 344 g/mol. The van der Waals surface area contributed by atoms with Gasteiger partial charge in [0.1, 0.15) is 23.1 Å². The van der Waals surface area contributed by atoms with E-state index in [1.807, 2.05) is 24.3 Å². The molecule has 3 rings (SSSR count). The molecule has 24 heavy (non-hydrogen) atoms. The molecule has 128 valence electrons. The second-order valence-electron chi connectivity index (χ2n) is 6.95. The standard InChI is InChI=1S/C20H25O3P/c1-13-23-17-12-7-9-14(19(17)24(13)20(2,3)4)18-15(21-5)10-8-11-16(18)22-6/h7-13H,1-6H3/t13-,24+/m1/s1. The lowest BCUT2D eigenvalue weighted by molar-refractivity contribution is 0.313. The highest BCUT2D eigenvalue weighted by Gasteiger charge is 2.41. The molecule has 2 aromatic rings. The lowest BCUT2D eigenvalue weighted by Crippen LogP contribution is -2.23. The molecule has 3 nitrogen and oxygen atoms in total. The Hall–Kier alpha value is -1.73. The zero-order chi connectivity index (χ0) is 17.5. The normalized spacial score (nSPS) is 19.6. The van der Waals surface area contributed by atoms with Gasteiger partial charge >= 0.3 is 0 Å². The van der Waals surface area contributed by atoms with Crippen molar-refractivity contribution in [1.29, 1.82) is 0 Å². The molecule has 0 N–H and O–H groups in total. The summed E-state index contributed by atoms with van der Waals surface area (Å²) in [6.07, 6.45) is 0. The first-order valence-electron chi connectivity index (χ1n) is 8.19. The Bertz CT molecular complexity index is 727. The molecule has 0 spiro atoms. The molecule has 0 aliphatic carbocycles. The molecule has 1 aliphatic heterocycles. The summed E-state index contributed by atoms with van der Waals surface area (Å²) in [5, 5.41) is 1.47. The van der Waals surface area contributed by atoms with Crippen molar-refractivity contribution in [3.05, 3.63) is 36.4 Å². The number of methoxy groups -OCH3 is 2. The molecule has 0 bridgehead atoms. The Labute approximate surface area is 145 Å². The number of ether oxygens (including phenoxy) is 3. The third-order valence-corrected chi connectivity index (χ3v) is 7.54. The second-order valence-corrected chi connectivity index (χ2v) is 10.2. The van der Waals surface area contributed by atoms with Gasteiger partial charge < -0.3 is 14.2 Å². The number of fused-ring (bicyclic) bond motifs is 1. The first-order valence-corrected chi connectivity index (χ1v) is 9.60. The maximum absolute atomic E-state index is 6.20. The lowest BCUT2D eigenvalue weighted by atomic mass is 10.0. The summed E-state index contributed by atoms with van der Waals surface area (Å²) in [4.78, 5) is 0. The van der Waals surface area contributed by atoms with Crippen molar-refractivity contribution in [3.63, 3.8) is 0 Å². The summed E-state index contributed by atoms with van der Waals surface area (Å²) in [5.74, 6) is 2.85. The fraction of sp³-hybridized carbons (Fsp3) is 0.400. The van der Waals surface area contributed by atoms with Crippen LogP contribution < -0.4 is 19.5 Å². The quantitative estimate of drug-likeness (QED) is 0.732. The summed E-state index contributed by atoms with van der Waals surface area (Å²) < 4.78 is 17.5. The predicted octanol–water partition coefficient (Wildman–Crippen LogP) is 5.01. The Morgan fingerprint density at radius 1 is 0.958 bits per heavy atom. The van der Waals surface area contributed by atoms with Gasteiger partial charge in [0.25, 0.3) is 0 Å². The number of rotatable bonds is 3. The van der Waals surface area contributed by atoms with Crippen molar-refractivity contribution in [2.45, 2.75) is 38.7 Å². The summed E-state index contributed by atoms with van der Waals surface area (Å²) in [7, 11) is 2.93. The van der Waals surface area contributed by atoms with E-state index in [1.54, 1.807) is 14.2 Å². The maximum atomic E-state index is 6.20. The smallest absolute Gasteiger partial charge is 0.130 e. The topological polar surface area (TPSA) is 27.7 Å². The predicted molar refractivity (Wildman–Crippen MR) is 101 cm³/mol. The first-order chi connectivity index (χ1) is 11.4. The van der Waals surface area contributed by atoms with E-state index in [0.29, 0.717) is 0 Å². The summed E-state index contributed by atoms with van der Waals surface area (Å²) in [5.41, 5.74) is 2.17. The molecule has 4 heteroatoms. The minimum absolute atomic E-state index is 0.158. The Morgan fingerprint density at radius 2 is 1.54 bits per heavy atom. The fourth-order valence-corrected chi connectivity index (χ4v) is 6.64. The van der Waals surface area contributed by atoms with Crippen LogP contribution in [0.15, 0.2) is 36.4 Å². The van der Waals surface area contributed by atoms with E-state index in [4.69, 9.17) is 14.2 Å². The van der Waals surface area contributed by atoms with E-state index >= 15 is 0 Å². The van der Waals surface area contributed by atoms with Gasteiger partial charge in [0.2, 0.25) is 0 Å². The van der Waals surface area contributed by atoms with Crippen molar-refractivity contribution in [1.82, 2.24) is 0 Å². The van der Waals surface area contributed by atoms with Crippen LogP contribution in [0.25, 0.3) is 11.1 Å². The van der Waals surface area contributed by atoms with E-state index in [2.05, 4.69) is 39.8 Å². The highest BCUT2D eigenvalue weighted by molar-refractivity contribution is 7.68. The minimum atomic E-state index is -0.476. The number of benzene rings is 2. The van der Waals surface area contributed by atoms with Gasteiger partial charge in [-0.3, -0.25) is 0 Å². The summed E-state index contributed by atoms with van der Waals surface area (Å²) in [6, 6.07) is 12.2. The maximum Gasteiger partial charge on any atom is 0.130 e. The molecular formula is C20H25O3P. The van der Waals surface area contributed by atoms with E-state index in [9.17, 15) is 0 Å². The van der Waals surface area contributed by atoms with Gasteiger partial charge in [-0.05, 0) is 38.2 Å². The Morgan fingerprint density at radius 3 is 2.08 bits per heavy atom. The van der Waals surface area contributed by atoms with Gasteiger partial charge in [0.05, 0.1) is 19.8 Å². The molecule has 0 aromatic heterocycles. The number of hydrogen-bond acceptors (Lipinski definition) is 3. The lowest BCUT2D eigenvalue weighted by Gasteiger charge is -2.31. The molecule has 0 saturated heterocycles. The van der Waals surface area contributed by atoms with E-state index in [1.165, 1.54) is 5.30 Å². The van der Waals surface area contributed by atoms with Gasteiger partial charge in [-0.15, -0.1) is 0 Å². The Balaban J connectivity index is 2.29. The molecule has 0 saturated carbocycles. The van der Waals surface area contributed by atoms with Crippen LogP contribution >= 0.6 is 7.92 Å². The van der Waals surface area contributed by atoms with Crippen LogP contribution in [0.4, 0.5) is 0 Å². The van der Waals surface area contributed by atoms with Crippen LogP contribution in [0.2, 0.25) is 0 Å². The number of hydrogen-bond donors (Lipinski definition) is 0. The largest absolute Gasteiger partial charge is 0.496 e. The van der Waals surface area contributed by atoms with Crippen LogP contribution in [0.3, 0.4) is 0 Å². The molecule has 0 radical (unpaired) electrons. The van der Waals surface area contributed by atoms with Crippen LogP contribution in [0.1, 0.15) is 27.7 Å². The SMILES string of the molecule is COc1cccc(OC)c1-c1cccc2c1[P@@](C(C)(C)C)[C@H](C)O2. The summed E-state index contributed by atoms with van der Waals surface area (Å²) >= 11 is 0. The van der Waals surface area contributed by atoms with Gasteiger partial charge in [-0.2, -0.15) is 0 Å². The Kier molecular flexibility index (Phi) is 4.48. The highest BCUT2D eigenvalue weighted by Crippen LogP contribution is 2.60. The van der Waals surface area contributed by atoms with E-state index in [-0.39, 0.29) is 11.0 Å². The molecule has 0 fully saturated rings. The van der Waals surface area contributed by atoms with Crippen molar-refractivity contribution < 1.29 is 14.2 Å². The first kappa shape index (κ1) is 17.1. The second kappa shape index (κ2) is 6.29. The minimum Gasteiger partial charge on any atom is -0.496 e.